The molecule has 0 amide bonds. The van der Waals surface area contributed by atoms with Gasteiger partial charge in [-0.3, -0.25) is 0 Å². The maximum atomic E-state index is 9.49. The van der Waals surface area contributed by atoms with E-state index in [1.54, 1.807) is 7.11 Å². The first kappa shape index (κ1) is 17.6. The van der Waals surface area contributed by atoms with E-state index in [1.807, 2.05) is 32.0 Å². The Morgan fingerprint density at radius 1 is 1.26 bits per heavy atom. The topological polar surface area (TPSA) is 58.8 Å². The molecule has 2 rings (SSSR count). The predicted molar refractivity (Wildman–Crippen MR) is 93.1 cm³/mol. The van der Waals surface area contributed by atoms with Crippen molar-refractivity contribution in [3.63, 3.8) is 0 Å². The average molecular weight is 348 g/mol. The molecule has 6 heteroatoms. The first-order chi connectivity index (χ1) is 11.1. The van der Waals surface area contributed by atoms with Gasteiger partial charge < -0.3 is 4.74 Å². The third-order valence-corrected chi connectivity index (χ3v) is 4.85. The van der Waals surface area contributed by atoms with E-state index in [2.05, 4.69) is 16.3 Å². The molecule has 0 aliphatic carbocycles. The number of thioether (sulfide) groups is 1. The summed E-state index contributed by atoms with van der Waals surface area (Å²) in [6, 6.07) is 7.95. The smallest absolute Gasteiger partial charge is 0.137 e. The Kier molecular flexibility index (Phi) is 6.26. The van der Waals surface area contributed by atoms with Gasteiger partial charge in [0.15, 0.2) is 0 Å². The highest BCUT2D eigenvalue weighted by molar-refractivity contribution is 7.98. The Balaban J connectivity index is 2.24. The van der Waals surface area contributed by atoms with Crippen molar-refractivity contribution >= 4 is 23.4 Å². The number of aromatic nitrogens is 2. The fourth-order valence-electron chi connectivity index (χ4n) is 2.32. The van der Waals surface area contributed by atoms with Crippen LogP contribution in [0.15, 0.2) is 23.2 Å². The minimum Gasteiger partial charge on any atom is -0.495 e. The van der Waals surface area contributed by atoms with Gasteiger partial charge in [-0.25, -0.2) is 0 Å². The van der Waals surface area contributed by atoms with E-state index in [-0.39, 0.29) is 0 Å². The summed E-state index contributed by atoms with van der Waals surface area (Å²) < 4.78 is 5.15. The monoisotopic (exact) mass is 347 g/mol. The number of nitrogens with zero attached hydrogens (tertiary/aromatic N) is 3. The number of ether oxygens (including phenoxy) is 1. The van der Waals surface area contributed by atoms with E-state index in [4.69, 9.17) is 16.3 Å². The number of methoxy groups -OCH3 is 1. The molecular weight excluding hydrogens is 330 g/mol. The highest BCUT2D eigenvalue weighted by Crippen LogP contribution is 2.30. The van der Waals surface area contributed by atoms with Crippen molar-refractivity contribution in [2.75, 3.05) is 7.11 Å². The SMILES string of the molecule is CCc1nnc(SCc2ccc(OC)c(Cl)c2)c(C#N)c1CC. The van der Waals surface area contributed by atoms with Crippen molar-refractivity contribution in [1.29, 1.82) is 5.26 Å². The lowest BCUT2D eigenvalue weighted by Crippen LogP contribution is -2.04. The molecule has 0 aliphatic heterocycles. The van der Waals surface area contributed by atoms with Gasteiger partial charge in [-0.05, 0) is 36.1 Å². The Labute approximate surface area is 145 Å². The van der Waals surface area contributed by atoms with Gasteiger partial charge in [0.2, 0.25) is 0 Å². The minimum atomic E-state index is 0.577. The third-order valence-electron chi connectivity index (χ3n) is 3.52. The molecule has 1 aromatic carbocycles. The minimum absolute atomic E-state index is 0.577. The van der Waals surface area contributed by atoms with Crippen molar-refractivity contribution in [3.05, 3.63) is 45.6 Å². The van der Waals surface area contributed by atoms with Crippen LogP contribution in [-0.4, -0.2) is 17.3 Å². The van der Waals surface area contributed by atoms with Crippen molar-refractivity contribution in [2.24, 2.45) is 0 Å². The number of benzene rings is 1. The molecule has 0 aliphatic rings. The molecule has 1 aromatic heterocycles. The number of halogens is 1. The lowest BCUT2D eigenvalue weighted by atomic mass is 10.1. The number of hydrogen-bond acceptors (Lipinski definition) is 5. The lowest BCUT2D eigenvalue weighted by Gasteiger charge is -2.10. The fraction of sp³-hybridized carbons (Fsp3) is 0.353. The first-order valence-electron chi connectivity index (χ1n) is 7.38. The summed E-state index contributed by atoms with van der Waals surface area (Å²) in [6.45, 7) is 4.06. The molecular formula is C17H18ClN3OS. The van der Waals surface area contributed by atoms with Gasteiger partial charge in [-0.2, -0.15) is 10.4 Å². The Bertz CT molecular complexity index is 743. The molecule has 120 valence electrons. The van der Waals surface area contributed by atoms with Crippen molar-refractivity contribution in [1.82, 2.24) is 10.2 Å². The summed E-state index contributed by atoms with van der Waals surface area (Å²) in [6.07, 6.45) is 1.56. The molecule has 1 heterocycles. The molecule has 0 fully saturated rings. The normalized spacial score (nSPS) is 10.4. The van der Waals surface area contributed by atoms with Gasteiger partial charge in [0, 0.05) is 5.75 Å². The lowest BCUT2D eigenvalue weighted by molar-refractivity contribution is 0.415. The average Bonchev–Trinajstić information content (AvgIpc) is 2.58. The summed E-state index contributed by atoms with van der Waals surface area (Å²) in [5, 5.41) is 19.2. The summed E-state index contributed by atoms with van der Waals surface area (Å²) in [7, 11) is 1.59. The summed E-state index contributed by atoms with van der Waals surface area (Å²) in [5.74, 6) is 1.32. The highest BCUT2D eigenvalue weighted by atomic mass is 35.5. The van der Waals surface area contributed by atoms with Crippen LogP contribution >= 0.6 is 23.4 Å². The van der Waals surface area contributed by atoms with Crippen LogP contribution in [0.1, 0.15) is 36.2 Å². The van der Waals surface area contributed by atoms with Gasteiger partial charge >= 0.3 is 0 Å². The second kappa shape index (κ2) is 8.19. The maximum Gasteiger partial charge on any atom is 0.137 e. The van der Waals surface area contributed by atoms with Gasteiger partial charge in [-0.1, -0.05) is 43.3 Å². The number of aryl methyl sites for hydroxylation is 1. The molecule has 23 heavy (non-hydrogen) atoms. The van der Waals surface area contributed by atoms with Crippen molar-refractivity contribution in [2.45, 2.75) is 37.5 Å². The van der Waals surface area contributed by atoms with Gasteiger partial charge in [0.25, 0.3) is 0 Å². The molecule has 0 N–H and O–H groups in total. The molecule has 0 spiro atoms. The summed E-state index contributed by atoms with van der Waals surface area (Å²) in [4.78, 5) is 0. The fourth-order valence-corrected chi connectivity index (χ4v) is 3.50. The zero-order valence-corrected chi connectivity index (χ0v) is 15.0. The third kappa shape index (κ3) is 3.95. The van der Waals surface area contributed by atoms with Gasteiger partial charge in [-0.15, -0.1) is 5.10 Å². The summed E-state index contributed by atoms with van der Waals surface area (Å²) >= 11 is 7.64. The Morgan fingerprint density at radius 3 is 2.61 bits per heavy atom. The number of rotatable bonds is 6. The second-order valence-corrected chi connectivity index (χ2v) is 6.25. The molecule has 4 nitrogen and oxygen atoms in total. The van der Waals surface area contributed by atoms with Crippen molar-refractivity contribution in [3.8, 4) is 11.8 Å². The number of hydrogen-bond donors (Lipinski definition) is 0. The standard InChI is InChI=1S/C17H18ClN3OS/c1-4-12-13(9-19)17(21-20-15(12)5-2)23-10-11-6-7-16(22-3)14(18)8-11/h6-8H,4-5,10H2,1-3H3. The van der Waals surface area contributed by atoms with E-state index in [1.165, 1.54) is 11.8 Å². The molecule has 0 atom stereocenters. The van der Waals surface area contributed by atoms with Crippen LogP contribution in [-0.2, 0) is 18.6 Å². The van der Waals surface area contributed by atoms with Crippen LogP contribution in [0.2, 0.25) is 5.02 Å². The van der Waals surface area contributed by atoms with E-state index < -0.39 is 0 Å². The van der Waals surface area contributed by atoms with Crippen LogP contribution in [0.4, 0.5) is 0 Å². The first-order valence-corrected chi connectivity index (χ1v) is 8.74. The molecule has 0 unspecified atom stereocenters. The van der Waals surface area contributed by atoms with Crippen LogP contribution in [0.3, 0.4) is 0 Å². The van der Waals surface area contributed by atoms with Gasteiger partial charge in [0.1, 0.15) is 16.8 Å². The van der Waals surface area contributed by atoms with Crippen molar-refractivity contribution < 1.29 is 4.74 Å². The Morgan fingerprint density at radius 2 is 2.04 bits per heavy atom. The molecule has 0 saturated heterocycles. The van der Waals surface area contributed by atoms with E-state index in [9.17, 15) is 5.26 Å². The van der Waals surface area contributed by atoms with Crippen LogP contribution < -0.4 is 4.74 Å². The molecule has 0 saturated carbocycles. The summed E-state index contributed by atoms with van der Waals surface area (Å²) in [5.41, 5.74) is 3.59. The van der Waals surface area contributed by atoms with Crippen LogP contribution in [0.25, 0.3) is 0 Å². The van der Waals surface area contributed by atoms with Crippen LogP contribution in [0.5, 0.6) is 5.75 Å². The van der Waals surface area contributed by atoms with E-state index in [0.29, 0.717) is 27.1 Å². The second-order valence-electron chi connectivity index (χ2n) is 4.88. The highest BCUT2D eigenvalue weighted by Gasteiger charge is 2.15. The number of nitriles is 1. The van der Waals surface area contributed by atoms with E-state index in [0.717, 1.165) is 29.7 Å². The molecule has 0 bridgehead atoms. The quantitative estimate of drug-likeness (QED) is 0.723. The van der Waals surface area contributed by atoms with Gasteiger partial charge in [0.05, 0.1) is 23.4 Å². The molecule has 0 radical (unpaired) electrons. The maximum absolute atomic E-state index is 9.49. The zero-order chi connectivity index (χ0) is 16.8. The Hall–Kier alpha value is -1.77. The predicted octanol–water partition coefficient (Wildman–Crippen LogP) is 4.43. The molecule has 2 aromatic rings. The van der Waals surface area contributed by atoms with E-state index >= 15 is 0 Å². The zero-order valence-electron chi connectivity index (χ0n) is 13.4. The largest absolute Gasteiger partial charge is 0.495 e. The van der Waals surface area contributed by atoms with Crippen LogP contribution in [0, 0.1) is 11.3 Å².